The van der Waals surface area contributed by atoms with E-state index in [0.717, 1.165) is 25.5 Å². The Hall–Kier alpha value is -3.44. The van der Waals surface area contributed by atoms with Crippen molar-refractivity contribution in [3.8, 4) is 0 Å². The van der Waals surface area contributed by atoms with Gasteiger partial charge in [0.05, 0.1) is 9.92 Å². The molecule has 0 bridgehead atoms. The van der Waals surface area contributed by atoms with E-state index >= 15 is 0 Å². The fourth-order valence-corrected chi connectivity index (χ4v) is 6.39. The SMILES string of the molecule is C[C@@H](CC1CCC2(CC1)OC(=O)NN=C2c1ccc(F)cc1Cl)NC(=O)c1cc2cc(S(C)(=O)=O)ccc2[nH]1. The number of hydrogen-bond acceptors (Lipinski definition) is 6. The molecule has 12 heteroatoms. The minimum Gasteiger partial charge on any atom is -0.435 e. The van der Waals surface area contributed by atoms with Gasteiger partial charge in [-0.15, -0.1) is 0 Å². The molecule has 1 aliphatic carbocycles. The molecule has 0 unspecified atom stereocenters. The number of fused-ring (bicyclic) bond motifs is 1. The second-order valence-electron chi connectivity index (χ2n) is 10.3. The standard InChI is InChI=1S/C27H28ClFN4O5S/c1-15(30-25(34)23-13-17-12-19(39(2,36)37)4-6-22(17)31-23)11-16-7-9-27(10-8-16)24(32-33-26(35)38-27)20-5-3-18(29)14-21(20)28/h3-6,12-16,31H,7-11H2,1-2H3,(H,30,34)(H,33,35)/t15-,16?,27?/m0/s1. The summed E-state index contributed by atoms with van der Waals surface area (Å²) in [6, 6.07) is 10.2. The third kappa shape index (κ3) is 5.65. The first kappa shape index (κ1) is 27.1. The molecule has 1 aliphatic heterocycles. The van der Waals surface area contributed by atoms with Gasteiger partial charge in [0.2, 0.25) is 0 Å². The maximum Gasteiger partial charge on any atom is 0.428 e. The molecule has 2 aliphatic rings. The van der Waals surface area contributed by atoms with Crippen molar-refractivity contribution < 1.29 is 27.1 Å². The highest BCUT2D eigenvalue weighted by atomic mass is 35.5. The van der Waals surface area contributed by atoms with Crippen LogP contribution in [-0.2, 0) is 14.6 Å². The van der Waals surface area contributed by atoms with Crippen molar-refractivity contribution in [2.75, 3.05) is 6.26 Å². The van der Waals surface area contributed by atoms with Gasteiger partial charge in [0, 0.05) is 28.8 Å². The molecule has 39 heavy (non-hydrogen) atoms. The molecule has 3 aromatic rings. The second kappa shape index (κ2) is 10.3. The van der Waals surface area contributed by atoms with Crippen LogP contribution in [0.5, 0.6) is 0 Å². The molecular formula is C27H28ClFN4O5S. The normalized spacial score (nSPS) is 22.2. The molecule has 0 radical (unpaired) electrons. The van der Waals surface area contributed by atoms with E-state index in [4.69, 9.17) is 16.3 Å². The van der Waals surface area contributed by atoms with E-state index in [1.165, 1.54) is 24.3 Å². The van der Waals surface area contributed by atoms with Crippen LogP contribution in [0.2, 0.25) is 5.02 Å². The van der Waals surface area contributed by atoms with E-state index in [9.17, 15) is 22.4 Å². The summed E-state index contributed by atoms with van der Waals surface area (Å²) in [5.41, 5.74) is 3.40. The number of H-pyrrole nitrogens is 1. The Morgan fingerprint density at radius 1 is 1.23 bits per heavy atom. The number of nitrogens with zero attached hydrogens (tertiary/aromatic N) is 1. The van der Waals surface area contributed by atoms with E-state index in [-0.39, 0.29) is 27.8 Å². The van der Waals surface area contributed by atoms with Crippen LogP contribution in [0.15, 0.2) is 52.5 Å². The van der Waals surface area contributed by atoms with E-state index in [1.54, 1.807) is 18.2 Å². The Kier molecular flexibility index (Phi) is 7.15. The summed E-state index contributed by atoms with van der Waals surface area (Å²) >= 11 is 6.29. The van der Waals surface area contributed by atoms with Crippen molar-refractivity contribution in [2.45, 2.75) is 55.6 Å². The summed E-state index contributed by atoms with van der Waals surface area (Å²) in [4.78, 5) is 28.2. The highest BCUT2D eigenvalue weighted by Gasteiger charge is 2.47. The maximum atomic E-state index is 13.6. The smallest absolute Gasteiger partial charge is 0.428 e. The molecular weight excluding hydrogens is 547 g/mol. The van der Waals surface area contributed by atoms with Crippen LogP contribution >= 0.6 is 11.6 Å². The lowest BCUT2D eigenvalue weighted by Gasteiger charge is -2.42. The van der Waals surface area contributed by atoms with Gasteiger partial charge in [-0.25, -0.2) is 23.0 Å². The molecule has 1 fully saturated rings. The summed E-state index contributed by atoms with van der Waals surface area (Å²) in [5, 5.41) is 8.08. The Morgan fingerprint density at radius 2 is 1.97 bits per heavy atom. The molecule has 9 nitrogen and oxygen atoms in total. The number of hydrazone groups is 1. The van der Waals surface area contributed by atoms with Gasteiger partial charge in [-0.3, -0.25) is 4.79 Å². The topological polar surface area (TPSA) is 130 Å². The van der Waals surface area contributed by atoms with Gasteiger partial charge in [-0.1, -0.05) is 11.6 Å². The van der Waals surface area contributed by atoms with Crippen LogP contribution in [0.3, 0.4) is 0 Å². The molecule has 2 amide bonds. The number of carbonyl (C=O) groups is 2. The predicted molar refractivity (Wildman–Crippen MR) is 145 cm³/mol. The lowest BCUT2D eigenvalue weighted by atomic mass is 9.73. The first-order valence-electron chi connectivity index (χ1n) is 12.6. The van der Waals surface area contributed by atoms with Crippen molar-refractivity contribution in [1.82, 2.24) is 15.7 Å². The van der Waals surface area contributed by atoms with Crippen LogP contribution in [-0.4, -0.2) is 49.0 Å². The molecule has 0 saturated heterocycles. The van der Waals surface area contributed by atoms with Crippen LogP contribution < -0.4 is 10.7 Å². The van der Waals surface area contributed by atoms with Gasteiger partial charge < -0.3 is 15.0 Å². The fourth-order valence-electron chi connectivity index (χ4n) is 5.48. The fraction of sp³-hybridized carbons (Fsp3) is 0.370. The number of sulfone groups is 1. The summed E-state index contributed by atoms with van der Waals surface area (Å²) in [6.07, 6.45) is 3.71. The second-order valence-corrected chi connectivity index (χ2v) is 12.8. The van der Waals surface area contributed by atoms with Crippen LogP contribution in [0.4, 0.5) is 9.18 Å². The van der Waals surface area contributed by atoms with Gasteiger partial charge in [0.15, 0.2) is 15.4 Å². The van der Waals surface area contributed by atoms with Crippen molar-refractivity contribution in [3.63, 3.8) is 0 Å². The molecule has 1 atom stereocenters. The lowest BCUT2D eigenvalue weighted by molar-refractivity contribution is 0.0154. The molecule has 1 spiro atoms. The number of aromatic nitrogens is 1. The highest BCUT2D eigenvalue weighted by molar-refractivity contribution is 7.90. The maximum absolute atomic E-state index is 13.6. The number of halogens is 2. The molecule has 2 heterocycles. The number of nitrogens with one attached hydrogen (secondary N) is 3. The predicted octanol–water partition coefficient (Wildman–Crippen LogP) is 4.95. The quantitative estimate of drug-likeness (QED) is 0.384. The van der Waals surface area contributed by atoms with Gasteiger partial charge in [-0.2, -0.15) is 5.10 Å². The molecule has 3 N–H and O–H groups in total. The minimum absolute atomic E-state index is 0.134. The minimum atomic E-state index is -3.35. The number of rotatable bonds is 6. The number of carbonyl (C=O) groups excluding carboxylic acids is 2. The van der Waals surface area contributed by atoms with Gasteiger partial charge in [0.1, 0.15) is 17.2 Å². The molecule has 206 valence electrons. The monoisotopic (exact) mass is 574 g/mol. The van der Waals surface area contributed by atoms with Crippen molar-refractivity contribution in [1.29, 1.82) is 0 Å². The Bertz CT molecular complexity index is 1590. The Labute approximate surface area is 230 Å². The van der Waals surface area contributed by atoms with E-state index < -0.39 is 27.3 Å². The average Bonchev–Trinajstić information content (AvgIpc) is 3.30. The zero-order valence-electron chi connectivity index (χ0n) is 21.4. The summed E-state index contributed by atoms with van der Waals surface area (Å²) in [7, 11) is -3.35. The summed E-state index contributed by atoms with van der Waals surface area (Å²) in [5.74, 6) is -0.478. The highest BCUT2D eigenvalue weighted by Crippen LogP contribution is 2.41. The largest absolute Gasteiger partial charge is 0.435 e. The molecule has 5 rings (SSSR count). The van der Waals surface area contributed by atoms with Crippen LogP contribution in [0.25, 0.3) is 10.9 Å². The Morgan fingerprint density at radius 3 is 2.67 bits per heavy atom. The van der Waals surface area contributed by atoms with Crippen LogP contribution in [0, 0.1) is 11.7 Å². The molecule has 2 aromatic carbocycles. The van der Waals surface area contributed by atoms with Crippen molar-refractivity contribution >= 4 is 50.1 Å². The number of ether oxygens (including phenoxy) is 1. The van der Waals surface area contributed by atoms with Crippen molar-refractivity contribution in [3.05, 3.63) is 64.6 Å². The van der Waals surface area contributed by atoms with Gasteiger partial charge in [0.25, 0.3) is 5.91 Å². The molecule has 1 aromatic heterocycles. The third-order valence-electron chi connectivity index (χ3n) is 7.41. The lowest BCUT2D eigenvalue weighted by Crippen LogP contribution is -2.52. The Balaban J connectivity index is 1.23. The number of aromatic amines is 1. The number of benzene rings is 2. The number of amides is 2. The first-order valence-corrected chi connectivity index (χ1v) is 14.9. The average molecular weight is 575 g/mol. The molecule has 1 saturated carbocycles. The van der Waals surface area contributed by atoms with E-state index in [0.29, 0.717) is 40.7 Å². The zero-order chi connectivity index (χ0) is 27.9. The van der Waals surface area contributed by atoms with Crippen molar-refractivity contribution in [2.24, 2.45) is 11.0 Å². The van der Waals surface area contributed by atoms with E-state index in [1.807, 2.05) is 6.92 Å². The third-order valence-corrected chi connectivity index (χ3v) is 8.83. The zero-order valence-corrected chi connectivity index (χ0v) is 23.0. The van der Waals surface area contributed by atoms with Crippen LogP contribution in [0.1, 0.15) is 55.1 Å². The number of hydrogen-bond donors (Lipinski definition) is 3. The first-order chi connectivity index (χ1) is 18.4. The summed E-state index contributed by atoms with van der Waals surface area (Å²) in [6.45, 7) is 1.93. The van der Waals surface area contributed by atoms with E-state index in [2.05, 4.69) is 20.8 Å². The van der Waals surface area contributed by atoms with Gasteiger partial charge >= 0.3 is 6.09 Å². The summed E-state index contributed by atoms with van der Waals surface area (Å²) < 4.78 is 43.1. The van der Waals surface area contributed by atoms with Gasteiger partial charge in [-0.05, 0) is 87.4 Å².